The molecule has 47 heavy (non-hydrogen) atoms. The largest absolute Gasteiger partial charge is 0.494 e. The van der Waals surface area contributed by atoms with Gasteiger partial charge in [-0.25, -0.2) is 4.58 Å². The summed E-state index contributed by atoms with van der Waals surface area (Å²) in [4.78, 5) is 1.89. The molecule has 0 radical (unpaired) electrons. The van der Waals surface area contributed by atoms with Crippen LogP contribution < -0.4 is 15.0 Å². The highest BCUT2D eigenvalue weighted by Gasteiger charge is 2.18. The number of nitrogens with zero attached hydrogens (tertiary/aromatic N) is 2. The first-order valence-corrected chi connectivity index (χ1v) is 18.7. The van der Waals surface area contributed by atoms with E-state index in [1.54, 1.807) is 0 Å². The Morgan fingerprint density at radius 2 is 1.28 bits per heavy atom. The van der Waals surface area contributed by atoms with E-state index in [0.717, 1.165) is 50.8 Å². The van der Waals surface area contributed by atoms with Crippen LogP contribution in [0.15, 0.2) is 103 Å². The van der Waals surface area contributed by atoms with Crippen molar-refractivity contribution in [1.82, 2.24) is 0 Å². The van der Waals surface area contributed by atoms with Crippen LogP contribution in [-0.2, 0) is 20.2 Å². The number of benzene rings is 3. The molecular formula is C35H42N3O7S2+. The third-order valence-electron chi connectivity index (χ3n) is 7.67. The Labute approximate surface area is 277 Å². The first-order chi connectivity index (χ1) is 22.4. The summed E-state index contributed by atoms with van der Waals surface area (Å²) in [5, 5.41) is 3.42. The Bertz CT molecular complexity index is 1840. The summed E-state index contributed by atoms with van der Waals surface area (Å²) in [5.41, 5.74) is 7.34. The van der Waals surface area contributed by atoms with Crippen LogP contribution in [-0.4, -0.2) is 80.5 Å². The van der Waals surface area contributed by atoms with E-state index in [9.17, 15) is 25.9 Å². The highest BCUT2D eigenvalue weighted by Crippen LogP contribution is 2.32. The lowest BCUT2D eigenvalue weighted by Crippen LogP contribution is -2.28. The van der Waals surface area contributed by atoms with Crippen molar-refractivity contribution in [1.29, 1.82) is 0 Å². The summed E-state index contributed by atoms with van der Waals surface area (Å²) in [6.45, 7) is 7.88. The SMILES string of the molecule is CCOc1ccc(Nc2ccc(C(=C3C=CC(=[N+](CC)CCS(=O)(=O)O)C=C3)c3ccc(N(CC)CCS(=O)(=O)O)cc3)cc2)cc1. The van der Waals surface area contributed by atoms with Gasteiger partial charge in [0.15, 0.2) is 12.3 Å². The van der Waals surface area contributed by atoms with E-state index in [1.165, 1.54) is 0 Å². The minimum Gasteiger partial charge on any atom is -0.494 e. The molecule has 3 aromatic carbocycles. The van der Waals surface area contributed by atoms with Crippen LogP contribution in [0.2, 0.25) is 0 Å². The van der Waals surface area contributed by atoms with E-state index in [1.807, 2.05) is 127 Å². The molecule has 0 aromatic heterocycles. The third kappa shape index (κ3) is 10.6. The molecule has 10 nitrogen and oxygen atoms in total. The molecule has 0 unspecified atom stereocenters. The average Bonchev–Trinajstić information content (AvgIpc) is 3.04. The van der Waals surface area contributed by atoms with Crippen LogP contribution in [0.5, 0.6) is 5.75 Å². The highest BCUT2D eigenvalue weighted by atomic mass is 32.2. The van der Waals surface area contributed by atoms with Crippen LogP contribution >= 0.6 is 0 Å². The van der Waals surface area contributed by atoms with Gasteiger partial charge in [0.2, 0.25) is 0 Å². The second-order valence-electron chi connectivity index (χ2n) is 10.9. The molecule has 0 heterocycles. The monoisotopic (exact) mass is 680 g/mol. The van der Waals surface area contributed by atoms with Gasteiger partial charge in [0.1, 0.15) is 18.0 Å². The zero-order valence-corrected chi connectivity index (χ0v) is 28.5. The van der Waals surface area contributed by atoms with E-state index in [2.05, 4.69) is 5.32 Å². The van der Waals surface area contributed by atoms with Gasteiger partial charge in [0, 0.05) is 42.3 Å². The van der Waals surface area contributed by atoms with Crippen LogP contribution in [0.3, 0.4) is 0 Å². The second-order valence-corrected chi connectivity index (χ2v) is 14.0. The van der Waals surface area contributed by atoms with E-state index in [0.29, 0.717) is 19.7 Å². The number of ether oxygens (including phenoxy) is 1. The molecule has 0 spiro atoms. The fourth-order valence-electron chi connectivity index (χ4n) is 5.26. The maximum Gasteiger partial charge on any atom is 0.271 e. The maximum atomic E-state index is 11.3. The fourth-order valence-corrected chi connectivity index (χ4v) is 6.16. The molecule has 0 saturated carbocycles. The molecule has 3 aromatic rings. The molecule has 1 aliphatic carbocycles. The average molecular weight is 681 g/mol. The summed E-state index contributed by atoms with van der Waals surface area (Å²) >= 11 is 0. The minimum atomic E-state index is -4.08. The molecule has 0 fully saturated rings. The van der Waals surface area contributed by atoms with E-state index in [-0.39, 0.29) is 24.6 Å². The molecule has 12 heteroatoms. The molecule has 1 aliphatic rings. The molecule has 0 amide bonds. The van der Waals surface area contributed by atoms with Gasteiger partial charge in [-0.15, -0.1) is 0 Å². The highest BCUT2D eigenvalue weighted by molar-refractivity contribution is 7.86. The summed E-state index contributed by atoms with van der Waals surface area (Å²) in [6.07, 6.45) is 7.86. The van der Waals surface area contributed by atoms with Crippen LogP contribution in [0, 0.1) is 0 Å². The Hall–Kier alpha value is -4.23. The van der Waals surface area contributed by atoms with Crippen molar-refractivity contribution in [3.63, 3.8) is 0 Å². The predicted molar refractivity (Wildman–Crippen MR) is 189 cm³/mol. The number of rotatable bonds is 15. The summed E-state index contributed by atoms with van der Waals surface area (Å²) < 4.78 is 71.3. The number of anilines is 3. The molecule has 0 bridgehead atoms. The second kappa shape index (κ2) is 16.1. The van der Waals surface area contributed by atoms with Gasteiger partial charge in [0.25, 0.3) is 20.2 Å². The van der Waals surface area contributed by atoms with Crippen molar-refractivity contribution in [2.75, 3.05) is 54.5 Å². The molecule has 0 saturated heterocycles. The van der Waals surface area contributed by atoms with E-state index < -0.39 is 20.2 Å². The van der Waals surface area contributed by atoms with Gasteiger partial charge in [-0.3, -0.25) is 9.11 Å². The Morgan fingerprint density at radius 3 is 1.77 bits per heavy atom. The molecular weight excluding hydrogens is 639 g/mol. The Balaban J connectivity index is 1.68. The van der Waals surface area contributed by atoms with Crippen molar-refractivity contribution >= 4 is 48.6 Å². The molecule has 250 valence electrons. The lowest BCUT2D eigenvalue weighted by atomic mass is 9.90. The summed E-state index contributed by atoms with van der Waals surface area (Å²) in [5.74, 6) is 0.0933. The first kappa shape index (κ1) is 35.6. The molecule has 4 rings (SSSR count). The van der Waals surface area contributed by atoms with Gasteiger partial charge >= 0.3 is 0 Å². The zero-order valence-electron chi connectivity index (χ0n) is 26.8. The van der Waals surface area contributed by atoms with Gasteiger partial charge in [-0.05, 0) is 104 Å². The van der Waals surface area contributed by atoms with E-state index in [4.69, 9.17) is 4.74 Å². The molecule has 0 atom stereocenters. The number of nitrogens with one attached hydrogen (secondary N) is 1. The van der Waals surface area contributed by atoms with E-state index >= 15 is 0 Å². The predicted octanol–water partition coefficient (Wildman–Crippen LogP) is 5.83. The third-order valence-corrected chi connectivity index (χ3v) is 9.07. The summed E-state index contributed by atoms with van der Waals surface area (Å²) in [6, 6.07) is 23.7. The molecule has 3 N–H and O–H groups in total. The van der Waals surface area contributed by atoms with Crippen molar-refractivity contribution in [3.8, 4) is 5.75 Å². The number of hydrogen-bond acceptors (Lipinski definition) is 7. The Kier molecular flexibility index (Phi) is 12.2. The van der Waals surface area contributed by atoms with Crippen molar-refractivity contribution in [2.24, 2.45) is 0 Å². The number of allylic oxidation sites excluding steroid dienone is 5. The number of hydrogen-bond donors (Lipinski definition) is 3. The lowest BCUT2D eigenvalue weighted by molar-refractivity contribution is -0.518. The minimum absolute atomic E-state index is 0.168. The van der Waals surface area contributed by atoms with Gasteiger partial charge in [-0.1, -0.05) is 24.3 Å². The fraction of sp³-hybridized carbons (Fsp3) is 0.286. The summed E-state index contributed by atoms with van der Waals surface area (Å²) in [7, 11) is -8.17. The van der Waals surface area contributed by atoms with Gasteiger partial charge in [0.05, 0.1) is 12.4 Å². The van der Waals surface area contributed by atoms with Gasteiger partial charge in [-0.2, -0.15) is 16.8 Å². The maximum absolute atomic E-state index is 11.3. The smallest absolute Gasteiger partial charge is 0.271 e. The van der Waals surface area contributed by atoms with Crippen molar-refractivity contribution < 1.29 is 35.3 Å². The normalized spacial score (nSPS) is 13.0. The standard InChI is InChI=1S/C35H41N3O7S2/c1-4-37(23-25-46(39,40)41)32-17-9-28(10-18-32)35(29-11-19-33(20-12-29)38(5-2)24-26-47(42,43)44)27-7-13-30(14-8-27)36-31-15-21-34(22-16-31)45-6-3/h7-22H,4-6,23-26H2,1-3H3,(H2,39,40,41,42,43,44)/p+1. The van der Waals surface area contributed by atoms with Crippen LogP contribution in [0.1, 0.15) is 31.9 Å². The first-order valence-electron chi connectivity index (χ1n) is 15.5. The Morgan fingerprint density at radius 1 is 0.745 bits per heavy atom. The van der Waals surface area contributed by atoms with Crippen LogP contribution in [0.4, 0.5) is 17.1 Å². The lowest BCUT2D eigenvalue weighted by Gasteiger charge is -2.23. The quantitative estimate of drug-likeness (QED) is 0.134. The van der Waals surface area contributed by atoms with Crippen LogP contribution in [0.25, 0.3) is 5.57 Å². The zero-order chi connectivity index (χ0) is 34.0. The van der Waals surface area contributed by atoms with Crippen molar-refractivity contribution in [2.45, 2.75) is 20.8 Å². The van der Waals surface area contributed by atoms with Gasteiger partial charge < -0.3 is 15.0 Å². The topological polar surface area (TPSA) is 136 Å². The molecule has 0 aliphatic heterocycles. The van der Waals surface area contributed by atoms with Crippen molar-refractivity contribution in [3.05, 3.63) is 114 Å².